The first-order valence-electron chi connectivity index (χ1n) is 12.3. The van der Waals surface area contributed by atoms with Crippen LogP contribution in [-0.4, -0.2) is 21.1 Å². The molecule has 1 aliphatic heterocycles. The molecule has 0 bridgehead atoms. The van der Waals surface area contributed by atoms with Crippen molar-refractivity contribution in [3.8, 4) is 5.75 Å². The maximum atomic E-state index is 12.7. The Hall–Kier alpha value is -3.61. The van der Waals surface area contributed by atoms with Crippen LogP contribution in [-0.2, 0) is 22.9 Å². The molecule has 4 aromatic carbocycles. The summed E-state index contributed by atoms with van der Waals surface area (Å²) >= 11 is 0. The van der Waals surface area contributed by atoms with Gasteiger partial charge in [-0.3, -0.25) is 4.72 Å². The van der Waals surface area contributed by atoms with Gasteiger partial charge in [0.05, 0.1) is 10.6 Å². The molecule has 0 radical (unpaired) electrons. The second-order valence-corrected chi connectivity index (χ2v) is 10.8. The van der Waals surface area contributed by atoms with Gasteiger partial charge in [-0.1, -0.05) is 84.9 Å². The lowest BCUT2D eigenvalue weighted by atomic mass is 9.97. The van der Waals surface area contributed by atoms with E-state index >= 15 is 0 Å². The van der Waals surface area contributed by atoms with Gasteiger partial charge < -0.3 is 10.1 Å². The number of fused-ring (bicyclic) bond motifs is 1. The predicted molar refractivity (Wildman–Crippen MR) is 144 cm³/mol. The van der Waals surface area contributed by atoms with Crippen LogP contribution in [0, 0.1) is 0 Å². The van der Waals surface area contributed by atoms with E-state index in [1.807, 2.05) is 18.2 Å². The van der Waals surface area contributed by atoms with Gasteiger partial charge in [-0.05, 0) is 54.2 Å². The molecule has 0 saturated heterocycles. The summed E-state index contributed by atoms with van der Waals surface area (Å²) in [6.07, 6.45) is 2.68. The molecule has 0 aliphatic carbocycles. The summed E-state index contributed by atoms with van der Waals surface area (Å²) < 4.78 is 34.5. The molecule has 36 heavy (non-hydrogen) atoms. The van der Waals surface area contributed by atoms with Crippen molar-refractivity contribution in [1.82, 2.24) is 5.32 Å². The van der Waals surface area contributed by atoms with Crippen molar-refractivity contribution in [2.75, 3.05) is 11.3 Å². The number of aryl methyl sites for hydroxylation is 1. The minimum atomic E-state index is -3.65. The van der Waals surface area contributed by atoms with E-state index in [4.69, 9.17) is 4.74 Å². The molecule has 2 N–H and O–H groups in total. The van der Waals surface area contributed by atoms with Gasteiger partial charge >= 0.3 is 0 Å². The molecular weight excluding hydrogens is 468 g/mol. The van der Waals surface area contributed by atoms with Crippen LogP contribution in [0.25, 0.3) is 0 Å². The molecule has 2 atom stereocenters. The van der Waals surface area contributed by atoms with Gasteiger partial charge in [0.15, 0.2) is 0 Å². The van der Waals surface area contributed by atoms with Crippen LogP contribution in [0.1, 0.15) is 29.2 Å². The molecule has 2 unspecified atom stereocenters. The van der Waals surface area contributed by atoms with Crippen molar-refractivity contribution in [1.29, 1.82) is 0 Å². The van der Waals surface area contributed by atoms with Crippen LogP contribution in [0.15, 0.2) is 114 Å². The molecule has 1 heterocycles. The predicted octanol–water partition coefficient (Wildman–Crippen LogP) is 5.75. The minimum Gasteiger partial charge on any atom is -0.489 e. The third-order valence-electron chi connectivity index (χ3n) is 6.48. The molecule has 0 spiro atoms. The maximum Gasteiger partial charge on any atom is 0.261 e. The Bertz CT molecular complexity index is 1380. The van der Waals surface area contributed by atoms with Crippen LogP contribution in [0.3, 0.4) is 0 Å². The van der Waals surface area contributed by atoms with Crippen molar-refractivity contribution >= 4 is 15.7 Å². The number of benzene rings is 4. The summed E-state index contributed by atoms with van der Waals surface area (Å²) in [5.74, 6) is 0.737. The topological polar surface area (TPSA) is 67.4 Å². The molecule has 0 amide bonds. The van der Waals surface area contributed by atoms with Gasteiger partial charge in [0.2, 0.25) is 0 Å². The highest BCUT2D eigenvalue weighted by Gasteiger charge is 2.23. The van der Waals surface area contributed by atoms with Crippen LogP contribution in [0.4, 0.5) is 5.69 Å². The zero-order valence-electron chi connectivity index (χ0n) is 20.0. The van der Waals surface area contributed by atoms with E-state index in [-0.39, 0.29) is 17.0 Å². The fraction of sp³-hybridized carbons (Fsp3) is 0.200. The zero-order valence-corrected chi connectivity index (χ0v) is 20.8. The number of anilines is 1. The highest BCUT2D eigenvalue weighted by Crippen LogP contribution is 2.31. The lowest BCUT2D eigenvalue weighted by Gasteiger charge is -2.29. The smallest absolute Gasteiger partial charge is 0.261 e. The molecule has 6 heteroatoms. The standard InChI is InChI=1S/C30H30N2O3S/c33-36(34,28-14-8-3-9-15-28)32-26-18-16-25-17-19-27(35-30(25)21-26)22-31-29(24-12-6-2-7-13-24)20-23-10-4-1-5-11-23/h1-16,18,21,27,29,31-32H,17,19-20,22H2. The van der Waals surface area contributed by atoms with Crippen molar-refractivity contribution in [3.05, 3.63) is 126 Å². The molecule has 5 rings (SSSR count). The van der Waals surface area contributed by atoms with Crippen molar-refractivity contribution in [3.63, 3.8) is 0 Å². The molecule has 0 fully saturated rings. The van der Waals surface area contributed by atoms with Crippen molar-refractivity contribution in [2.24, 2.45) is 0 Å². The lowest BCUT2D eigenvalue weighted by Crippen LogP contribution is -2.36. The summed E-state index contributed by atoms with van der Waals surface area (Å²) in [6, 6.07) is 35.1. The number of ether oxygens (including phenoxy) is 1. The molecule has 4 aromatic rings. The second kappa shape index (κ2) is 11.0. The Balaban J connectivity index is 1.26. The quantitative estimate of drug-likeness (QED) is 0.308. The van der Waals surface area contributed by atoms with E-state index in [1.165, 1.54) is 11.1 Å². The fourth-order valence-electron chi connectivity index (χ4n) is 4.56. The first-order chi connectivity index (χ1) is 17.6. The average molecular weight is 499 g/mol. The SMILES string of the molecule is O=S(=O)(Nc1ccc2c(c1)OC(CNC(Cc1ccccc1)c1ccccc1)CC2)c1ccccc1. The Morgan fingerprint density at radius 1 is 0.833 bits per heavy atom. The molecular formula is C30H30N2O3S. The van der Waals surface area contributed by atoms with E-state index < -0.39 is 10.0 Å². The number of nitrogens with one attached hydrogen (secondary N) is 2. The van der Waals surface area contributed by atoms with E-state index in [1.54, 1.807) is 42.5 Å². The minimum absolute atomic E-state index is 0.000432. The first-order valence-corrected chi connectivity index (χ1v) is 13.7. The number of rotatable bonds is 9. The molecule has 5 nitrogen and oxygen atoms in total. The van der Waals surface area contributed by atoms with E-state index in [9.17, 15) is 8.42 Å². The van der Waals surface area contributed by atoms with Crippen LogP contribution >= 0.6 is 0 Å². The summed E-state index contributed by atoms with van der Waals surface area (Å²) in [7, 11) is -3.65. The lowest BCUT2D eigenvalue weighted by molar-refractivity contribution is 0.166. The number of hydrogen-bond donors (Lipinski definition) is 2. The van der Waals surface area contributed by atoms with Gasteiger partial charge in [-0.2, -0.15) is 0 Å². The molecule has 1 aliphatic rings. The highest BCUT2D eigenvalue weighted by molar-refractivity contribution is 7.92. The summed E-state index contributed by atoms with van der Waals surface area (Å²) in [6.45, 7) is 0.700. The summed E-state index contributed by atoms with van der Waals surface area (Å²) in [5.41, 5.74) is 4.12. The van der Waals surface area contributed by atoms with Crippen LogP contribution in [0.5, 0.6) is 5.75 Å². The average Bonchev–Trinajstić information content (AvgIpc) is 2.92. The molecule has 0 saturated carbocycles. The van der Waals surface area contributed by atoms with Gasteiger partial charge in [0.1, 0.15) is 11.9 Å². The third kappa shape index (κ3) is 5.96. The van der Waals surface area contributed by atoms with Gasteiger partial charge in [-0.15, -0.1) is 0 Å². The number of sulfonamides is 1. The maximum absolute atomic E-state index is 12.7. The van der Waals surface area contributed by atoms with E-state index in [0.29, 0.717) is 12.2 Å². The Morgan fingerprint density at radius 2 is 1.50 bits per heavy atom. The Kier molecular flexibility index (Phi) is 7.35. The zero-order chi connectivity index (χ0) is 24.8. The van der Waals surface area contributed by atoms with Gasteiger partial charge in [0.25, 0.3) is 10.0 Å². The van der Waals surface area contributed by atoms with E-state index in [2.05, 4.69) is 58.6 Å². The first kappa shape index (κ1) is 24.1. The van der Waals surface area contributed by atoms with Crippen molar-refractivity contribution in [2.45, 2.75) is 36.3 Å². The fourth-order valence-corrected chi connectivity index (χ4v) is 5.63. The molecule has 0 aromatic heterocycles. The van der Waals surface area contributed by atoms with Crippen molar-refractivity contribution < 1.29 is 13.2 Å². The second-order valence-electron chi connectivity index (χ2n) is 9.08. The monoisotopic (exact) mass is 498 g/mol. The van der Waals surface area contributed by atoms with Gasteiger partial charge in [-0.25, -0.2) is 8.42 Å². The Labute approximate surface area is 213 Å². The normalized spacial score (nSPS) is 15.9. The third-order valence-corrected chi connectivity index (χ3v) is 7.88. The van der Waals surface area contributed by atoms with E-state index in [0.717, 1.165) is 30.6 Å². The largest absolute Gasteiger partial charge is 0.489 e. The summed E-state index contributed by atoms with van der Waals surface area (Å²) in [5, 5.41) is 3.72. The Morgan fingerprint density at radius 3 is 2.22 bits per heavy atom. The summed E-state index contributed by atoms with van der Waals surface area (Å²) in [4.78, 5) is 0.232. The number of hydrogen-bond acceptors (Lipinski definition) is 4. The highest BCUT2D eigenvalue weighted by atomic mass is 32.2. The van der Waals surface area contributed by atoms with Gasteiger partial charge in [0, 0.05) is 18.7 Å². The molecule has 184 valence electrons. The van der Waals surface area contributed by atoms with Crippen LogP contribution < -0.4 is 14.8 Å². The van der Waals surface area contributed by atoms with Crippen LogP contribution in [0.2, 0.25) is 0 Å².